The van der Waals surface area contributed by atoms with Crippen molar-refractivity contribution in [1.82, 2.24) is 19.8 Å². The van der Waals surface area contributed by atoms with Crippen LogP contribution in [0.15, 0.2) is 28.5 Å². The Morgan fingerprint density at radius 2 is 2.25 bits per heavy atom. The van der Waals surface area contributed by atoms with Gasteiger partial charge in [0, 0.05) is 50.1 Å². The SMILES string of the molecule is CC(C)c1nccn1C(C)C(=O)NCCC1=CSC2=NCCCN12. The number of thioether (sulfide) groups is 1. The molecule has 0 fully saturated rings. The van der Waals surface area contributed by atoms with Crippen molar-refractivity contribution in [3.8, 4) is 0 Å². The van der Waals surface area contributed by atoms with Gasteiger partial charge in [0.1, 0.15) is 11.9 Å². The number of nitrogens with zero attached hydrogens (tertiary/aromatic N) is 4. The molecule has 3 rings (SSSR count). The molecule has 0 bridgehead atoms. The first-order valence-electron chi connectivity index (χ1n) is 8.56. The van der Waals surface area contributed by atoms with Crippen LogP contribution in [0.25, 0.3) is 0 Å². The number of aromatic nitrogens is 2. The summed E-state index contributed by atoms with van der Waals surface area (Å²) in [6, 6.07) is -0.246. The molecule has 1 aromatic rings. The van der Waals surface area contributed by atoms with Crippen LogP contribution in [-0.4, -0.2) is 45.2 Å². The Morgan fingerprint density at radius 1 is 1.42 bits per heavy atom. The molecule has 6 nitrogen and oxygen atoms in total. The molecular formula is C17H25N5OS. The average molecular weight is 347 g/mol. The molecule has 2 aliphatic heterocycles. The van der Waals surface area contributed by atoms with Crippen LogP contribution in [0.1, 0.15) is 51.4 Å². The summed E-state index contributed by atoms with van der Waals surface area (Å²) in [6.07, 6.45) is 5.58. The standard InChI is InChI=1S/C17H25N5OS/c1-12(2)15-18-8-10-21(15)13(3)16(23)19-7-5-14-11-24-17-20-6-4-9-22(14)17/h8,10-13H,4-7,9H2,1-3H3,(H,19,23). The van der Waals surface area contributed by atoms with E-state index in [4.69, 9.17) is 0 Å². The first-order valence-corrected chi connectivity index (χ1v) is 9.44. The monoisotopic (exact) mass is 347 g/mol. The minimum Gasteiger partial charge on any atom is -0.354 e. The minimum absolute atomic E-state index is 0.0358. The summed E-state index contributed by atoms with van der Waals surface area (Å²) in [4.78, 5) is 23.6. The number of carbonyl (C=O) groups is 1. The number of amidine groups is 1. The quantitative estimate of drug-likeness (QED) is 0.859. The van der Waals surface area contributed by atoms with Crippen LogP contribution >= 0.6 is 11.8 Å². The van der Waals surface area contributed by atoms with Crippen LogP contribution in [-0.2, 0) is 4.79 Å². The van der Waals surface area contributed by atoms with Gasteiger partial charge in [-0.2, -0.15) is 0 Å². The fourth-order valence-electron chi connectivity index (χ4n) is 3.02. The smallest absolute Gasteiger partial charge is 0.242 e. The van der Waals surface area contributed by atoms with Gasteiger partial charge in [0.2, 0.25) is 5.91 Å². The van der Waals surface area contributed by atoms with Gasteiger partial charge in [0.25, 0.3) is 0 Å². The van der Waals surface area contributed by atoms with E-state index in [1.165, 1.54) is 5.70 Å². The summed E-state index contributed by atoms with van der Waals surface area (Å²) in [6.45, 7) is 8.71. The molecule has 0 saturated carbocycles. The minimum atomic E-state index is -0.246. The van der Waals surface area contributed by atoms with Gasteiger partial charge in [0.05, 0.1) is 0 Å². The van der Waals surface area contributed by atoms with Crippen molar-refractivity contribution in [2.75, 3.05) is 19.6 Å². The molecule has 1 N–H and O–H groups in total. The number of imidazole rings is 1. The molecule has 130 valence electrons. The highest BCUT2D eigenvalue weighted by molar-refractivity contribution is 8.16. The summed E-state index contributed by atoms with van der Waals surface area (Å²) in [5.74, 6) is 1.28. The number of hydrogen-bond donors (Lipinski definition) is 1. The molecule has 1 unspecified atom stereocenters. The van der Waals surface area contributed by atoms with Crippen LogP contribution in [0.4, 0.5) is 0 Å². The zero-order valence-corrected chi connectivity index (χ0v) is 15.3. The lowest BCUT2D eigenvalue weighted by Crippen LogP contribution is -2.34. The van der Waals surface area contributed by atoms with Gasteiger partial charge < -0.3 is 14.8 Å². The number of hydrogen-bond acceptors (Lipinski definition) is 5. The average Bonchev–Trinajstić information content (AvgIpc) is 3.21. The van der Waals surface area contributed by atoms with Gasteiger partial charge in [-0.1, -0.05) is 25.6 Å². The second-order valence-electron chi connectivity index (χ2n) is 6.46. The Kier molecular flexibility index (Phi) is 5.28. The van der Waals surface area contributed by atoms with Gasteiger partial charge in [-0.25, -0.2) is 4.98 Å². The molecule has 7 heteroatoms. The highest BCUT2D eigenvalue weighted by Gasteiger charge is 2.25. The zero-order chi connectivity index (χ0) is 17.1. The Balaban J connectivity index is 1.52. The van der Waals surface area contributed by atoms with E-state index in [1.807, 2.05) is 17.7 Å². The van der Waals surface area contributed by atoms with E-state index in [0.29, 0.717) is 12.5 Å². The predicted molar refractivity (Wildman–Crippen MR) is 98.0 cm³/mol. The van der Waals surface area contributed by atoms with Crippen LogP contribution in [0, 0.1) is 0 Å². The number of nitrogens with one attached hydrogen (secondary N) is 1. The third kappa shape index (κ3) is 3.50. The lowest BCUT2D eigenvalue weighted by Gasteiger charge is -2.25. The molecule has 0 aromatic carbocycles. The maximum atomic E-state index is 12.5. The molecule has 2 aliphatic rings. The van der Waals surface area contributed by atoms with Gasteiger partial charge in [-0.3, -0.25) is 9.79 Å². The molecule has 0 radical (unpaired) electrons. The van der Waals surface area contributed by atoms with Crippen LogP contribution in [0.3, 0.4) is 0 Å². The van der Waals surface area contributed by atoms with Gasteiger partial charge in [0.15, 0.2) is 5.17 Å². The fraction of sp³-hybridized carbons (Fsp3) is 0.588. The first-order chi connectivity index (χ1) is 11.6. The highest BCUT2D eigenvalue weighted by Crippen LogP contribution is 2.30. The fourth-order valence-corrected chi connectivity index (χ4v) is 4.01. The molecule has 3 heterocycles. The van der Waals surface area contributed by atoms with E-state index in [-0.39, 0.29) is 11.9 Å². The van der Waals surface area contributed by atoms with Gasteiger partial charge >= 0.3 is 0 Å². The van der Waals surface area contributed by atoms with Gasteiger partial charge in [-0.15, -0.1) is 0 Å². The molecular weight excluding hydrogens is 322 g/mol. The lowest BCUT2D eigenvalue weighted by atomic mass is 10.2. The number of rotatable bonds is 6. The van der Waals surface area contributed by atoms with Crippen molar-refractivity contribution in [2.24, 2.45) is 4.99 Å². The third-order valence-corrected chi connectivity index (χ3v) is 5.31. The summed E-state index contributed by atoms with van der Waals surface area (Å²) >= 11 is 1.69. The predicted octanol–water partition coefficient (Wildman–Crippen LogP) is 2.72. The molecule has 1 amide bonds. The molecule has 24 heavy (non-hydrogen) atoms. The number of amides is 1. The summed E-state index contributed by atoms with van der Waals surface area (Å²) in [5, 5.41) is 6.32. The maximum absolute atomic E-state index is 12.5. The molecule has 0 saturated heterocycles. The van der Waals surface area contributed by atoms with E-state index in [2.05, 4.69) is 39.4 Å². The summed E-state index contributed by atoms with van der Waals surface area (Å²) in [7, 11) is 0. The van der Waals surface area contributed by atoms with E-state index in [1.54, 1.807) is 18.0 Å². The molecule has 0 spiro atoms. The lowest BCUT2D eigenvalue weighted by molar-refractivity contribution is -0.123. The topological polar surface area (TPSA) is 62.5 Å². The Hall–Kier alpha value is -1.76. The number of aliphatic imine (C=N–C) groups is 1. The van der Waals surface area contributed by atoms with Crippen molar-refractivity contribution in [2.45, 2.75) is 45.6 Å². The first kappa shape index (κ1) is 17.1. The van der Waals surface area contributed by atoms with Crippen molar-refractivity contribution < 1.29 is 4.79 Å². The second kappa shape index (κ2) is 7.42. The van der Waals surface area contributed by atoms with E-state index in [0.717, 1.165) is 36.9 Å². The van der Waals surface area contributed by atoms with Crippen molar-refractivity contribution in [1.29, 1.82) is 0 Å². The maximum Gasteiger partial charge on any atom is 0.242 e. The van der Waals surface area contributed by atoms with E-state index in [9.17, 15) is 4.79 Å². The van der Waals surface area contributed by atoms with E-state index >= 15 is 0 Å². The Labute approximate surface area is 147 Å². The zero-order valence-electron chi connectivity index (χ0n) is 14.5. The molecule has 1 atom stereocenters. The number of carbonyl (C=O) groups excluding carboxylic acids is 1. The normalized spacial score (nSPS) is 18.2. The Morgan fingerprint density at radius 3 is 3.04 bits per heavy atom. The van der Waals surface area contributed by atoms with Crippen molar-refractivity contribution in [3.05, 3.63) is 29.3 Å². The number of fused-ring (bicyclic) bond motifs is 1. The Bertz CT molecular complexity index is 664. The molecule has 1 aromatic heterocycles. The van der Waals surface area contributed by atoms with Crippen LogP contribution < -0.4 is 5.32 Å². The van der Waals surface area contributed by atoms with Gasteiger partial charge in [-0.05, 0) is 18.8 Å². The summed E-state index contributed by atoms with van der Waals surface area (Å²) in [5.41, 5.74) is 1.26. The van der Waals surface area contributed by atoms with E-state index < -0.39 is 0 Å². The third-order valence-electron chi connectivity index (χ3n) is 4.36. The van der Waals surface area contributed by atoms with Crippen LogP contribution in [0.5, 0.6) is 0 Å². The summed E-state index contributed by atoms with van der Waals surface area (Å²) < 4.78 is 1.96. The molecule has 0 aliphatic carbocycles. The highest BCUT2D eigenvalue weighted by atomic mass is 32.2. The second-order valence-corrected chi connectivity index (χ2v) is 7.30. The van der Waals surface area contributed by atoms with Crippen molar-refractivity contribution >= 4 is 22.8 Å². The largest absolute Gasteiger partial charge is 0.354 e. The van der Waals surface area contributed by atoms with Crippen molar-refractivity contribution in [3.63, 3.8) is 0 Å². The van der Waals surface area contributed by atoms with Crippen LogP contribution in [0.2, 0.25) is 0 Å².